The van der Waals surface area contributed by atoms with Crippen LogP contribution in [0.4, 0.5) is 11.4 Å². The van der Waals surface area contributed by atoms with Gasteiger partial charge in [0.1, 0.15) is 10.6 Å². The van der Waals surface area contributed by atoms with Crippen molar-refractivity contribution >= 4 is 38.8 Å². The summed E-state index contributed by atoms with van der Waals surface area (Å²) in [4.78, 5) is 21.8. The monoisotopic (exact) mass is 252 g/mol. The number of nitrogens with two attached hydrogens (primary N) is 1. The van der Waals surface area contributed by atoms with E-state index in [9.17, 15) is 14.9 Å². The number of anilines is 1. The van der Waals surface area contributed by atoms with Crippen LogP contribution in [-0.2, 0) is 4.74 Å². The van der Waals surface area contributed by atoms with E-state index < -0.39 is 10.9 Å². The minimum absolute atomic E-state index is 0.0840. The Balaban J connectivity index is 2.62. The Labute approximate surface area is 99.8 Å². The largest absolute Gasteiger partial charge is 0.465 e. The number of hydrogen-bond acceptors (Lipinski definition) is 6. The summed E-state index contributed by atoms with van der Waals surface area (Å²) >= 11 is 1.19. The summed E-state index contributed by atoms with van der Waals surface area (Å²) in [7, 11) is 1.28. The molecule has 0 atom stereocenters. The molecule has 2 N–H and O–H groups in total. The highest BCUT2D eigenvalue weighted by molar-refractivity contribution is 7.20. The number of hydrogen-bond donors (Lipinski definition) is 1. The molecule has 0 unspecified atom stereocenters. The molecule has 0 aliphatic heterocycles. The van der Waals surface area contributed by atoms with E-state index in [0.29, 0.717) is 15.0 Å². The lowest BCUT2D eigenvalue weighted by atomic mass is 10.2. The van der Waals surface area contributed by atoms with Crippen molar-refractivity contribution in [3.05, 3.63) is 33.2 Å². The van der Waals surface area contributed by atoms with Gasteiger partial charge in [-0.1, -0.05) is 0 Å². The van der Waals surface area contributed by atoms with Gasteiger partial charge in [0.15, 0.2) is 0 Å². The van der Waals surface area contributed by atoms with Crippen molar-refractivity contribution in [2.75, 3.05) is 12.8 Å². The Hall–Kier alpha value is -2.15. The van der Waals surface area contributed by atoms with Crippen LogP contribution >= 0.6 is 11.3 Å². The summed E-state index contributed by atoms with van der Waals surface area (Å²) in [6.45, 7) is 0. The SMILES string of the molecule is COC(=O)c1cc2cc([N+](=O)[O-])c(N)cc2s1. The Morgan fingerprint density at radius 3 is 2.76 bits per heavy atom. The number of esters is 1. The van der Waals surface area contributed by atoms with E-state index in [1.165, 1.54) is 30.6 Å². The average Bonchev–Trinajstić information content (AvgIpc) is 2.69. The van der Waals surface area contributed by atoms with Gasteiger partial charge in [-0.25, -0.2) is 4.79 Å². The molecule has 2 aromatic rings. The lowest BCUT2D eigenvalue weighted by Crippen LogP contribution is -1.96. The van der Waals surface area contributed by atoms with Gasteiger partial charge >= 0.3 is 5.97 Å². The highest BCUT2D eigenvalue weighted by Crippen LogP contribution is 2.33. The van der Waals surface area contributed by atoms with Crippen molar-refractivity contribution in [1.29, 1.82) is 0 Å². The zero-order valence-electron chi connectivity index (χ0n) is 8.80. The molecule has 1 aromatic carbocycles. The summed E-state index contributed by atoms with van der Waals surface area (Å²) in [5.41, 5.74) is 5.48. The fourth-order valence-electron chi connectivity index (χ4n) is 1.45. The molecule has 7 heteroatoms. The number of nitro groups is 1. The molecule has 0 spiro atoms. The van der Waals surface area contributed by atoms with Crippen LogP contribution in [0.1, 0.15) is 9.67 Å². The number of carbonyl (C=O) groups is 1. The first-order valence-electron chi connectivity index (χ1n) is 4.58. The van der Waals surface area contributed by atoms with Crippen LogP contribution in [0.5, 0.6) is 0 Å². The number of carbonyl (C=O) groups excluding carboxylic acids is 1. The molecule has 0 amide bonds. The molecule has 2 rings (SSSR count). The van der Waals surface area contributed by atoms with E-state index in [4.69, 9.17) is 5.73 Å². The maximum atomic E-state index is 11.3. The van der Waals surface area contributed by atoms with E-state index in [0.717, 1.165) is 0 Å². The van der Waals surface area contributed by atoms with Crippen LogP contribution in [0.2, 0.25) is 0 Å². The normalized spacial score (nSPS) is 10.4. The van der Waals surface area contributed by atoms with Gasteiger partial charge < -0.3 is 10.5 Å². The van der Waals surface area contributed by atoms with E-state index >= 15 is 0 Å². The first-order chi connectivity index (χ1) is 8.02. The van der Waals surface area contributed by atoms with Gasteiger partial charge in [0.2, 0.25) is 0 Å². The molecule has 1 aromatic heterocycles. The van der Waals surface area contributed by atoms with E-state index in [2.05, 4.69) is 4.74 Å². The molecule has 0 aliphatic carbocycles. The van der Waals surface area contributed by atoms with Gasteiger partial charge in [-0.15, -0.1) is 11.3 Å². The standard InChI is InChI=1S/C10H8N2O4S/c1-16-10(13)9-3-5-2-7(12(14)15)6(11)4-8(5)17-9/h2-4H,11H2,1H3. The number of rotatable bonds is 2. The van der Waals surface area contributed by atoms with Gasteiger partial charge in [0.05, 0.1) is 12.0 Å². The van der Waals surface area contributed by atoms with E-state index in [1.54, 1.807) is 6.07 Å². The molecule has 88 valence electrons. The number of fused-ring (bicyclic) bond motifs is 1. The van der Waals surface area contributed by atoms with Crippen molar-refractivity contribution in [2.45, 2.75) is 0 Å². The number of benzene rings is 1. The molecular formula is C10H8N2O4S. The second-order valence-corrected chi connectivity index (χ2v) is 4.39. The summed E-state index contributed by atoms with van der Waals surface area (Å²) in [5, 5.41) is 11.3. The molecule has 0 saturated heterocycles. The first-order valence-corrected chi connectivity index (χ1v) is 5.40. The van der Waals surface area contributed by atoms with Crippen LogP contribution in [0, 0.1) is 10.1 Å². The summed E-state index contributed by atoms with van der Waals surface area (Å²) < 4.78 is 5.30. The van der Waals surface area contributed by atoms with Gasteiger partial charge in [0.25, 0.3) is 5.69 Å². The lowest BCUT2D eigenvalue weighted by molar-refractivity contribution is -0.383. The molecule has 0 saturated carbocycles. The van der Waals surface area contributed by atoms with Crippen LogP contribution in [-0.4, -0.2) is 18.0 Å². The van der Waals surface area contributed by atoms with Crippen molar-refractivity contribution in [2.24, 2.45) is 0 Å². The average molecular weight is 252 g/mol. The molecule has 1 heterocycles. The highest BCUT2D eigenvalue weighted by atomic mass is 32.1. The van der Waals surface area contributed by atoms with Crippen molar-refractivity contribution < 1.29 is 14.5 Å². The van der Waals surface area contributed by atoms with Crippen LogP contribution in [0.15, 0.2) is 18.2 Å². The Kier molecular flexibility index (Phi) is 2.68. The first kappa shape index (κ1) is 11.3. The molecule has 0 aliphatic rings. The summed E-state index contributed by atoms with van der Waals surface area (Å²) in [5.74, 6) is -0.465. The summed E-state index contributed by atoms with van der Waals surface area (Å²) in [6, 6.07) is 4.40. The number of thiophene rings is 1. The third-order valence-electron chi connectivity index (χ3n) is 2.25. The van der Waals surface area contributed by atoms with Gasteiger partial charge in [-0.05, 0) is 12.1 Å². The number of ether oxygens (including phenoxy) is 1. The maximum absolute atomic E-state index is 11.3. The minimum Gasteiger partial charge on any atom is -0.465 e. The van der Waals surface area contributed by atoms with Crippen LogP contribution < -0.4 is 5.73 Å². The molecule has 6 nitrogen and oxygen atoms in total. The fourth-order valence-corrected chi connectivity index (χ4v) is 2.46. The van der Waals surface area contributed by atoms with Crippen molar-refractivity contribution in [3.63, 3.8) is 0 Å². The third kappa shape index (κ3) is 1.92. The molecule has 0 radical (unpaired) electrons. The molecule has 0 bridgehead atoms. The van der Waals surface area contributed by atoms with Gasteiger partial charge in [-0.2, -0.15) is 0 Å². The fraction of sp³-hybridized carbons (Fsp3) is 0.100. The maximum Gasteiger partial charge on any atom is 0.348 e. The quantitative estimate of drug-likeness (QED) is 0.382. The topological polar surface area (TPSA) is 95.5 Å². The zero-order valence-corrected chi connectivity index (χ0v) is 9.61. The number of nitrogens with zero attached hydrogens (tertiary/aromatic N) is 1. The van der Waals surface area contributed by atoms with Crippen molar-refractivity contribution in [3.8, 4) is 0 Å². The smallest absolute Gasteiger partial charge is 0.348 e. The van der Waals surface area contributed by atoms with E-state index in [-0.39, 0.29) is 11.4 Å². The van der Waals surface area contributed by atoms with Crippen molar-refractivity contribution in [1.82, 2.24) is 0 Å². The van der Waals surface area contributed by atoms with Crippen LogP contribution in [0.3, 0.4) is 0 Å². The van der Waals surface area contributed by atoms with E-state index in [1.807, 2.05) is 0 Å². The third-order valence-corrected chi connectivity index (χ3v) is 3.33. The Morgan fingerprint density at radius 2 is 2.18 bits per heavy atom. The predicted molar refractivity (Wildman–Crippen MR) is 64.2 cm³/mol. The number of methoxy groups -OCH3 is 1. The lowest BCUT2D eigenvalue weighted by Gasteiger charge is -1.96. The molecule has 0 fully saturated rings. The molecular weight excluding hydrogens is 244 g/mol. The molecule has 17 heavy (non-hydrogen) atoms. The minimum atomic E-state index is -0.551. The Bertz CT molecular complexity index is 620. The van der Waals surface area contributed by atoms with Crippen LogP contribution in [0.25, 0.3) is 10.1 Å². The Morgan fingerprint density at radius 1 is 1.47 bits per heavy atom. The second-order valence-electron chi connectivity index (χ2n) is 3.31. The predicted octanol–water partition coefficient (Wildman–Crippen LogP) is 2.18. The number of nitro benzene ring substituents is 1. The second kappa shape index (κ2) is 4.02. The van der Waals surface area contributed by atoms with Gasteiger partial charge in [-0.3, -0.25) is 10.1 Å². The van der Waals surface area contributed by atoms with Gasteiger partial charge in [0, 0.05) is 16.2 Å². The zero-order chi connectivity index (χ0) is 12.6. The summed E-state index contributed by atoms with van der Waals surface area (Å²) in [6.07, 6.45) is 0. The number of nitrogen functional groups attached to an aromatic ring is 1. The highest BCUT2D eigenvalue weighted by Gasteiger charge is 2.16.